The van der Waals surface area contributed by atoms with Crippen molar-refractivity contribution in [3.8, 4) is 17.4 Å². The maximum atomic E-state index is 12.4. The summed E-state index contributed by atoms with van der Waals surface area (Å²) in [5.41, 5.74) is 3.50. The van der Waals surface area contributed by atoms with E-state index in [4.69, 9.17) is 9.26 Å². The number of amides is 1. The van der Waals surface area contributed by atoms with Gasteiger partial charge in [-0.15, -0.1) is 10.2 Å². The number of hydrogen-bond acceptors (Lipinski definition) is 7. The molecule has 1 N–H and O–H groups in total. The maximum absolute atomic E-state index is 12.4. The van der Waals surface area contributed by atoms with Crippen LogP contribution >= 0.6 is 0 Å². The lowest BCUT2D eigenvalue weighted by molar-refractivity contribution is 0.102. The Morgan fingerprint density at radius 3 is 2.37 bits per heavy atom. The average molecular weight is 404 g/mol. The van der Waals surface area contributed by atoms with Gasteiger partial charge in [0.25, 0.3) is 5.91 Å². The van der Waals surface area contributed by atoms with E-state index in [9.17, 15) is 4.79 Å². The molecule has 30 heavy (non-hydrogen) atoms. The molecule has 4 rings (SSSR count). The molecular formula is C21H20N6O3. The van der Waals surface area contributed by atoms with Crippen molar-refractivity contribution in [1.29, 1.82) is 0 Å². The van der Waals surface area contributed by atoms with Crippen molar-refractivity contribution < 1.29 is 14.1 Å². The van der Waals surface area contributed by atoms with Crippen LogP contribution in [0.3, 0.4) is 0 Å². The van der Waals surface area contributed by atoms with E-state index >= 15 is 0 Å². The van der Waals surface area contributed by atoms with Gasteiger partial charge in [-0.2, -0.15) is 5.10 Å². The topological polar surface area (TPSA) is 108 Å². The van der Waals surface area contributed by atoms with Gasteiger partial charge >= 0.3 is 0 Å². The van der Waals surface area contributed by atoms with E-state index in [0.29, 0.717) is 40.2 Å². The quantitative estimate of drug-likeness (QED) is 0.537. The molecule has 152 valence electrons. The summed E-state index contributed by atoms with van der Waals surface area (Å²) in [7, 11) is 0. The van der Waals surface area contributed by atoms with Crippen molar-refractivity contribution in [3.05, 3.63) is 70.9 Å². The molecule has 1 aromatic carbocycles. The monoisotopic (exact) mass is 404 g/mol. The molecule has 0 bridgehead atoms. The number of ether oxygens (including phenoxy) is 1. The second kappa shape index (κ2) is 7.78. The van der Waals surface area contributed by atoms with Gasteiger partial charge in [-0.3, -0.25) is 4.79 Å². The standard InChI is InChI=1S/C21H20N6O3/c1-12-11-13(2)27(25-12)18-9-10-19(24-23-18)29-17-7-5-16(6-8-17)22-21(28)20-14(3)26-30-15(20)4/h5-11H,1-4H3,(H,22,28). The van der Waals surface area contributed by atoms with Gasteiger partial charge in [0.2, 0.25) is 5.88 Å². The van der Waals surface area contributed by atoms with Crippen LogP contribution in [0.4, 0.5) is 5.69 Å². The van der Waals surface area contributed by atoms with E-state index in [1.807, 2.05) is 19.9 Å². The summed E-state index contributed by atoms with van der Waals surface area (Å²) in [5.74, 6) is 1.74. The van der Waals surface area contributed by atoms with Gasteiger partial charge < -0.3 is 14.6 Å². The van der Waals surface area contributed by atoms with Gasteiger partial charge in [0, 0.05) is 17.4 Å². The summed E-state index contributed by atoms with van der Waals surface area (Å²) < 4.78 is 12.5. The first kappa shape index (κ1) is 19.3. The number of benzene rings is 1. The Hall–Kier alpha value is -4.01. The number of carbonyl (C=O) groups excluding carboxylic acids is 1. The van der Waals surface area contributed by atoms with Gasteiger partial charge in [-0.25, -0.2) is 4.68 Å². The predicted octanol–water partition coefficient (Wildman–Crippen LogP) is 3.93. The second-order valence-corrected chi connectivity index (χ2v) is 6.85. The van der Waals surface area contributed by atoms with Gasteiger partial charge in [0.05, 0.1) is 11.4 Å². The molecule has 4 aromatic rings. The third-order valence-electron chi connectivity index (χ3n) is 4.45. The molecule has 0 aliphatic rings. The first-order chi connectivity index (χ1) is 14.4. The van der Waals surface area contributed by atoms with E-state index in [1.165, 1.54) is 0 Å². The molecule has 0 spiro atoms. The minimum Gasteiger partial charge on any atom is -0.438 e. The minimum absolute atomic E-state index is 0.273. The van der Waals surface area contributed by atoms with Crippen molar-refractivity contribution in [2.45, 2.75) is 27.7 Å². The van der Waals surface area contributed by atoms with Gasteiger partial charge in [0.1, 0.15) is 17.1 Å². The Balaban J connectivity index is 1.42. The van der Waals surface area contributed by atoms with Crippen LogP contribution in [0.15, 0.2) is 47.0 Å². The van der Waals surface area contributed by atoms with Gasteiger partial charge in [0.15, 0.2) is 5.82 Å². The summed E-state index contributed by atoms with van der Waals surface area (Å²) in [5, 5.41) is 19.3. The van der Waals surface area contributed by atoms with Crippen LogP contribution in [0.25, 0.3) is 5.82 Å². The zero-order valence-corrected chi connectivity index (χ0v) is 17.0. The normalized spacial score (nSPS) is 10.8. The van der Waals surface area contributed by atoms with Crippen LogP contribution in [0.1, 0.15) is 33.2 Å². The Kier molecular flexibility index (Phi) is 5.01. The highest BCUT2D eigenvalue weighted by Crippen LogP contribution is 2.23. The average Bonchev–Trinajstić information content (AvgIpc) is 3.24. The Morgan fingerprint density at radius 1 is 1.03 bits per heavy atom. The Bertz CT molecular complexity index is 1170. The summed E-state index contributed by atoms with van der Waals surface area (Å²) in [4.78, 5) is 12.4. The largest absolute Gasteiger partial charge is 0.438 e. The van der Waals surface area contributed by atoms with Gasteiger partial charge in [-0.05, 0) is 64.1 Å². The number of rotatable bonds is 5. The summed E-state index contributed by atoms with van der Waals surface area (Å²) in [6.07, 6.45) is 0. The number of aromatic nitrogens is 5. The molecule has 1 amide bonds. The lowest BCUT2D eigenvalue weighted by Crippen LogP contribution is -2.13. The third kappa shape index (κ3) is 3.90. The number of nitrogens with zero attached hydrogens (tertiary/aromatic N) is 5. The minimum atomic E-state index is -0.273. The van der Waals surface area contributed by atoms with Crippen LogP contribution in [0, 0.1) is 27.7 Å². The zero-order valence-electron chi connectivity index (χ0n) is 17.0. The number of aryl methyl sites for hydroxylation is 4. The fourth-order valence-electron chi connectivity index (χ4n) is 3.07. The zero-order chi connectivity index (χ0) is 21.3. The molecule has 3 heterocycles. The van der Waals surface area contributed by atoms with E-state index in [0.717, 1.165) is 11.4 Å². The van der Waals surface area contributed by atoms with Crippen molar-refractivity contribution in [1.82, 2.24) is 25.1 Å². The van der Waals surface area contributed by atoms with Crippen LogP contribution in [0.2, 0.25) is 0 Å². The molecule has 0 aliphatic carbocycles. The molecule has 0 fully saturated rings. The first-order valence-electron chi connectivity index (χ1n) is 9.30. The highest BCUT2D eigenvalue weighted by Gasteiger charge is 2.17. The fraction of sp³-hybridized carbons (Fsp3) is 0.190. The van der Waals surface area contributed by atoms with Crippen LogP contribution < -0.4 is 10.1 Å². The summed E-state index contributed by atoms with van der Waals surface area (Å²) >= 11 is 0. The Morgan fingerprint density at radius 2 is 1.80 bits per heavy atom. The number of anilines is 1. The second-order valence-electron chi connectivity index (χ2n) is 6.85. The SMILES string of the molecule is Cc1cc(C)n(-c2ccc(Oc3ccc(NC(=O)c4c(C)noc4C)cc3)nn2)n1. The maximum Gasteiger partial charge on any atom is 0.261 e. The Labute approximate surface area is 172 Å². The highest BCUT2D eigenvalue weighted by molar-refractivity contribution is 6.05. The summed E-state index contributed by atoms with van der Waals surface area (Å²) in [6, 6.07) is 12.4. The molecule has 0 saturated heterocycles. The van der Waals surface area contributed by atoms with E-state index in [-0.39, 0.29) is 5.91 Å². The smallest absolute Gasteiger partial charge is 0.261 e. The van der Waals surface area contributed by atoms with Crippen LogP contribution in [-0.4, -0.2) is 31.0 Å². The van der Waals surface area contributed by atoms with Gasteiger partial charge in [-0.1, -0.05) is 5.16 Å². The molecule has 9 heteroatoms. The highest BCUT2D eigenvalue weighted by atomic mass is 16.5. The molecule has 0 aliphatic heterocycles. The molecule has 0 saturated carbocycles. The lowest BCUT2D eigenvalue weighted by Gasteiger charge is -2.08. The van der Waals surface area contributed by atoms with Crippen molar-refractivity contribution in [2.24, 2.45) is 0 Å². The number of carbonyl (C=O) groups is 1. The molecular weight excluding hydrogens is 384 g/mol. The number of hydrogen-bond donors (Lipinski definition) is 1. The van der Waals surface area contributed by atoms with E-state index < -0.39 is 0 Å². The molecule has 0 atom stereocenters. The van der Waals surface area contributed by atoms with E-state index in [2.05, 4.69) is 25.8 Å². The molecule has 3 aromatic heterocycles. The lowest BCUT2D eigenvalue weighted by atomic mass is 10.2. The predicted molar refractivity (Wildman–Crippen MR) is 109 cm³/mol. The van der Waals surface area contributed by atoms with E-state index in [1.54, 1.807) is 54.9 Å². The first-order valence-corrected chi connectivity index (χ1v) is 9.30. The number of nitrogens with one attached hydrogen (secondary N) is 1. The van der Waals surface area contributed by atoms with Crippen molar-refractivity contribution in [3.63, 3.8) is 0 Å². The molecule has 0 radical (unpaired) electrons. The van der Waals surface area contributed by atoms with Crippen molar-refractivity contribution in [2.75, 3.05) is 5.32 Å². The fourth-order valence-corrected chi connectivity index (χ4v) is 3.07. The van der Waals surface area contributed by atoms with Crippen molar-refractivity contribution >= 4 is 11.6 Å². The molecule has 9 nitrogen and oxygen atoms in total. The van der Waals surface area contributed by atoms with Crippen LogP contribution in [0.5, 0.6) is 11.6 Å². The summed E-state index contributed by atoms with van der Waals surface area (Å²) in [6.45, 7) is 7.31. The molecule has 0 unspecified atom stereocenters. The third-order valence-corrected chi connectivity index (χ3v) is 4.45. The van der Waals surface area contributed by atoms with Crippen LogP contribution in [-0.2, 0) is 0 Å².